The quantitative estimate of drug-likeness (QED) is 0.111. The van der Waals surface area contributed by atoms with Crippen LogP contribution in [0.2, 0.25) is 0 Å². The van der Waals surface area contributed by atoms with Gasteiger partial charge in [0.1, 0.15) is 0 Å². The molecule has 5 aromatic carbocycles. The third-order valence-corrected chi connectivity index (χ3v) is 11.9. The van der Waals surface area contributed by atoms with Crippen LogP contribution < -0.4 is 10.9 Å². The van der Waals surface area contributed by atoms with Gasteiger partial charge in [-0.2, -0.15) is 0 Å². The molecule has 1 aliphatic carbocycles. The van der Waals surface area contributed by atoms with E-state index in [-0.39, 0.29) is 0 Å². The molecule has 5 aromatic rings. The van der Waals surface area contributed by atoms with Crippen LogP contribution in [-0.2, 0) is 27.6 Å². The molecule has 4 nitrogen and oxygen atoms in total. The second kappa shape index (κ2) is 13.1. The predicted molar refractivity (Wildman–Crippen MR) is 212 cm³/mol. The molecule has 6 heteroatoms. The Kier molecular flexibility index (Phi) is 9.50. The van der Waals surface area contributed by atoms with Gasteiger partial charge in [-0.15, -0.1) is 0 Å². The lowest BCUT2D eigenvalue weighted by Gasteiger charge is -2.37. The number of aryl methyl sites for hydroxylation is 2. The van der Waals surface area contributed by atoms with Crippen LogP contribution in [0.4, 0.5) is 0 Å². The third-order valence-electron chi connectivity index (χ3n) is 11.9. The van der Waals surface area contributed by atoms with Crippen molar-refractivity contribution in [1.29, 1.82) is 0 Å². The minimum Gasteiger partial charge on any atom is -0.427 e. The van der Waals surface area contributed by atoms with Crippen LogP contribution in [0.3, 0.4) is 0 Å². The zero-order chi connectivity index (χ0) is 36.1. The second-order valence-corrected chi connectivity index (χ2v) is 16.4. The summed E-state index contributed by atoms with van der Waals surface area (Å²) >= 11 is 0. The second-order valence-electron chi connectivity index (χ2n) is 16.4. The van der Waals surface area contributed by atoms with Gasteiger partial charge >= 0.3 is 15.0 Å². The van der Waals surface area contributed by atoms with Crippen molar-refractivity contribution in [2.75, 3.05) is 0 Å². The van der Waals surface area contributed by atoms with Gasteiger partial charge in [0.15, 0.2) is 0 Å². The average molecular weight is 667 g/mol. The fourth-order valence-electron chi connectivity index (χ4n) is 6.57. The highest BCUT2D eigenvalue weighted by atomic mass is 16.5. The van der Waals surface area contributed by atoms with Crippen molar-refractivity contribution in [2.24, 2.45) is 0 Å². The Morgan fingerprint density at radius 2 is 0.940 bits per heavy atom. The van der Waals surface area contributed by atoms with Gasteiger partial charge in [-0.1, -0.05) is 114 Å². The molecule has 1 aliphatic rings. The van der Waals surface area contributed by atoms with Crippen LogP contribution in [0.1, 0.15) is 90.1 Å². The molecule has 0 bridgehead atoms. The topological polar surface area (TPSA) is 58.9 Å². The molecule has 0 fully saturated rings. The molecule has 0 heterocycles. The van der Waals surface area contributed by atoms with Crippen molar-refractivity contribution in [3.05, 3.63) is 131 Å². The average Bonchev–Trinajstić information content (AvgIpc) is 3.06. The summed E-state index contributed by atoms with van der Waals surface area (Å²) in [5.74, 6) is 0. The van der Waals surface area contributed by atoms with E-state index in [0.717, 1.165) is 23.8 Å². The normalized spacial score (nSPS) is 13.9. The first-order valence-electron chi connectivity index (χ1n) is 18.0. The van der Waals surface area contributed by atoms with Gasteiger partial charge in [0.2, 0.25) is 0 Å². The molecular formula is C44H52B2O4. The zero-order valence-electron chi connectivity index (χ0n) is 31.4. The fourth-order valence-corrected chi connectivity index (χ4v) is 6.57. The number of fused-ring (bicyclic) bond motifs is 3. The summed E-state index contributed by atoms with van der Waals surface area (Å²) in [7, 11) is 0.820. The lowest BCUT2D eigenvalue weighted by molar-refractivity contribution is -0.0893. The van der Waals surface area contributed by atoms with E-state index in [9.17, 15) is 10.2 Å². The van der Waals surface area contributed by atoms with Crippen LogP contribution in [0.5, 0.6) is 0 Å². The lowest BCUT2D eigenvalue weighted by Crippen LogP contribution is -2.49. The molecule has 0 amide bonds. The van der Waals surface area contributed by atoms with Crippen LogP contribution in [0.25, 0.3) is 21.9 Å². The summed E-state index contributed by atoms with van der Waals surface area (Å²) in [5, 5.41) is 23.9. The summed E-state index contributed by atoms with van der Waals surface area (Å²) in [5.41, 5.74) is 7.39. The van der Waals surface area contributed by atoms with E-state index < -0.39 is 27.8 Å². The molecule has 0 atom stereocenters. The molecule has 0 radical (unpaired) electrons. The minimum absolute atomic E-state index is 0.410. The fraction of sp³-hybridized carbons (Fsp3) is 0.364. The van der Waals surface area contributed by atoms with Crippen LogP contribution in [-0.4, -0.2) is 47.6 Å². The molecule has 258 valence electrons. The van der Waals surface area contributed by atoms with Crippen molar-refractivity contribution in [3.8, 4) is 11.1 Å². The molecule has 0 spiro atoms. The first-order chi connectivity index (χ1) is 23.4. The zero-order valence-corrected chi connectivity index (χ0v) is 31.4. The molecule has 0 saturated carbocycles. The SMILES string of the molecule is CC(c1ccc(BOC(C)(C)C(C)(C)O)cc1)(c1ccc(BOC(C)(C)C(C)(C)O)cc1)c1ccc(-c2cc3c(c4ccccc24)CC3)cc1. The minimum atomic E-state index is -0.966. The number of rotatable bonds is 12. The molecule has 0 aliphatic heterocycles. The molecular weight excluding hydrogens is 614 g/mol. The Morgan fingerprint density at radius 1 is 0.520 bits per heavy atom. The van der Waals surface area contributed by atoms with Gasteiger partial charge in [-0.25, -0.2) is 0 Å². The third kappa shape index (κ3) is 6.84. The molecule has 0 saturated heterocycles. The van der Waals surface area contributed by atoms with E-state index in [1.807, 2.05) is 27.7 Å². The summed E-state index contributed by atoms with van der Waals surface area (Å²) in [6.45, 7) is 17.1. The van der Waals surface area contributed by atoms with E-state index in [2.05, 4.69) is 110 Å². The highest BCUT2D eigenvalue weighted by molar-refractivity contribution is 6.47. The van der Waals surface area contributed by atoms with Crippen molar-refractivity contribution in [2.45, 2.75) is 103 Å². The number of hydrogen-bond donors (Lipinski definition) is 2. The van der Waals surface area contributed by atoms with E-state index in [4.69, 9.17) is 9.31 Å². The maximum atomic E-state index is 10.6. The predicted octanol–water partition coefficient (Wildman–Crippen LogP) is 7.05. The van der Waals surface area contributed by atoms with Crippen LogP contribution >= 0.6 is 0 Å². The highest BCUT2D eigenvalue weighted by Crippen LogP contribution is 2.42. The van der Waals surface area contributed by atoms with E-state index in [1.165, 1.54) is 49.7 Å². The van der Waals surface area contributed by atoms with Gasteiger partial charge in [0.25, 0.3) is 0 Å². The first kappa shape index (κ1) is 36.1. The van der Waals surface area contributed by atoms with Crippen LogP contribution in [0, 0.1) is 0 Å². The van der Waals surface area contributed by atoms with Gasteiger partial charge < -0.3 is 19.5 Å². The number of hydrogen-bond acceptors (Lipinski definition) is 4. The van der Waals surface area contributed by atoms with Crippen molar-refractivity contribution >= 4 is 36.7 Å². The van der Waals surface area contributed by atoms with E-state index in [1.54, 1.807) is 27.7 Å². The van der Waals surface area contributed by atoms with Crippen molar-refractivity contribution in [1.82, 2.24) is 0 Å². The number of benzene rings is 5. The van der Waals surface area contributed by atoms with Crippen molar-refractivity contribution < 1.29 is 19.5 Å². The smallest absolute Gasteiger partial charge is 0.309 e. The van der Waals surface area contributed by atoms with Crippen LogP contribution in [0.15, 0.2) is 103 Å². The Labute approximate surface area is 300 Å². The summed E-state index contributed by atoms with van der Waals surface area (Å²) < 4.78 is 12.4. The lowest BCUT2D eigenvalue weighted by atomic mass is 9.69. The Hall–Kier alpha value is -3.67. The molecule has 2 N–H and O–H groups in total. The Balaban J connectivity index is 1.35. The van der Waals surface area contributed by atoms with E-state index in [0.29, 0.717) is 15.0 Å². The summed E-state index contributed by atoms with van der Waals surface area (Å²) in [6, 6.07) is 37.7. The Morgan fingerprint density at radius 3 is 1.34 bits per heavy atom. The monoisotopic (exact) mass is 666 g/mol. The van der Waals surface area contributed by atoms with Gasteiger partial charge in [-0.3, -0.25) is 0 Å². The first-order valence-corrected chi connectivity index (χ1v) is 18.0. The largest absolute Gasteiger partial charge is 0.427 e. The highest BCUT2D eigenvalue weighted by Gasteiger charge is 2.37. The van der Waals surface area contributed by atoms with Crippen molar-refractivity contribution in [3.63, 3.8) is 0 Å². The standard InChI is InChI=1S/C44H52B2O4/c1-40(2,47)42(5,6)49-45-34-23-19-32(20-24-34)44(9,33-21-25-35(26-22-33)46-50-43(7,8)41(3,4)48)31-17-14-29(15-18-31)39-28-30-16-27-36(30)37-12-10-11-13-38(37)39/h10-15,17-26,28,45-48H,16,27H2,1-9H3. The molecule has 0 unspecified atom stereocenters. The maximum Gasteiger partial charge on any atom is 0.309 e. The maximum absolute atomic E-state index is 10.6. The molecule has 6 rings (SSSR count). The van der Waals surface area contributed by atoms with Gasteiger partial charge in [0.05, 0.1) is 22.4 Å². The Bertz CT molecular complexity index is 1890. The van der Waals surface area contributed by atoms with Gasteiger partial charge in [0, 0.05) is 5.41 Å². The summed E-state index contributed by atoms with van der Waals surface area (Å²) in [6.07, 6.45) is 2.31. The summed E-state index contributed by atoms with van der Waals surface area (Å²) in [4.78, 5) is 0. The number of aliphatic hydroxyl groups is 2. The van der Waals surface area contributed by atoms with E-state index >= 15 is 0 Å². The molecule has 0 aromatic heterocycles. The molecule has 50 heavy (non-hydrogen) atoms. The van der Waals surface area contributed by atoms with Gasteiger partial charge in [-0.05, 0) is 125 Å².